The lowest BCUT2D eigenvalue weighted by Crippen LogP contribution is -1.88. The normalized spacial score (nSPS) is 8.78. The fourth-order valence-electron chi connectivity index (χ4n) is 0.679. The molecule has 0 aliphatic carbocycles. The van der Waals surface area contributed by atoms with E-state index in [4.69, 9.17) is 4.43 Å². The second kappa shape index (κ2) is 4.56. The van der Waals surface area contributed by atoms with Crippen LogP contribution < -0.4 is 0 Å². The van der Waals surface area contributed by atoms with E-state index in [9.17, 15) is 0 Å². The molecule has 52 valence electrons. The summed E-state index contributed by atoms with van der Waals surface area (Å²) in [6.07, 6.45) is 0. The van der Waals surface area contributed by atoms with Crippen LogP contribution in [0.3, 0.4) is 0 Å². The first kappa shape index (κ1) is 8.70. The first-order valence-electron chi connectivity index (χ1n) is 3.05. The Hall–Kier alpha value is -0.303. The van der Waals surface area contributed by atoms with Crippen molar-refractivity contribution in [1.82, 2.24) is 0 Å². The molecule has 0 fully saturated rings. The van der Waals surface area contributed by atoms with E-state index in [2.05, 4.69) is 5.73 Å². The molecular weight excluding hydrogens is 128 g/mol. The van der Waals surface area contributed by atoms with Crippen LogP contribution in [0.2, 0.25) is 0 Å². The second-order valence-electron chi connectivity index (χ2n) is 2.34. The Bertz CT molecular complexity index is 139. The zero-order chi connectivity index (χ0) is 7.28. The minimum Gasteiger partial charge on any atom is -0.423 e. The average molecular weight is 142 g/mol. The molecule has 0 saturated carbocycles. The molecule has 0 bridgehead atoms. The van der Waals surface area contributed by atoms with Crippen molar-refractivity contribution >= 4 is 10.5 Å². The molecule has 0 heterocycles. The van der Waals surface area contributed by atoms with Crippen LogP contribution in [-0.4, -0.2) is 17.1 Å². The Morgan fingerprint density at radius 2 is 2.00 bits per heavy atom. The van der Waals surface area contributed by atoms with Crippen LogP contribution in [0.1, 0.15) is 20.8 Å². The highest BCUT2D eigenvalue weighted by atomic mass is 28.2. The zero-order valence-corrected chi connectivity index (χ0v) is 8.62. The topological polar surface area (TPSA) is 9.23 Å². The summed E-state index contributed by atoms with van der Waals surface area (Å²) >= 11 is 0. The molecule has 0 N–H and O–H groups in total. The minimum atomic E-state index is 0.747. The SMILES string of the molecule is CC(C)=C=C(C)CO[SiH3]. The van der Waals surface area contributed by atoms with E-state index in [1.54, 1.807) is 0 Å². The third-order valence-corrected chi connectivity index (χ3v) is 1.11. The van der Waals surface area contributed by atoms with E-state index in [0.717, 1.165) is 17.1 Å². The fourth-order valence-corrected chi connectivity index (χ4v) is 1.11. The van der Waals surface area contributed by atoms with Gasteiger partial charge >= 0.3 is 0 Å². The predicted octanol–water partition coefficient (Wildman–Crippen LogP) is 0.795. The molecule has 0 atom stereocenters. The third-order valence-electron chi connectivity index (χ3n) is 0.824. The Balaban J connectivity index is 3.99. The number of rotatable bonds is 2. The van der Waals surface area contributed by atoms with Gasteiger partial charge in [-0.2, -0.15) is 0 Å². The maximum Gasteiger partial charge on any atom is 0.146 e. The van der Waals surface area contributed by atoms with Gasteiger partial charge in [-0.3, -0.25) is 0 Å². The Kier molecular flexibility index (Phi) is 4.41. The van der Waals surface area contributed by atoms with Crippen LogP contribution >= 0.6 is 0 Å². The van der Waals surface area contributed by atoms with Gasteiger partial charge in [-0.1, -0.05) is 0 Å². The maximum atomic E-state index is 5.03. The molecule has 0 aromatic rings. The van der Waals surface area contributed by atoms with E-state index in [1.165, 1.54) is 11.1 Å². The van der Waals surface area contributed by atoms with Gasteiger partial charge in [0.15, 0.2) is 0 Å². The molecule has 0 aliphatic rings. The molecule has 0 aliphatic heterocycles. The molecule has 0 unspecified atom stereocenters. The van der Waals surface area contributed by atoms with Crippen LogP contribution in [0.4, 0.5) is 0 Å². The summed E-state index contributed by atoms with van der Waals surface area (Å²) in [5.74, 6) is 0. The van der Waals surface area contributed by atoms with Crippen LogP contribution in [0.5, 0.6) is 0 Å². The number of hydrogen-bond acceptors (Lipinski definition) is 1. The van der Waals surface area contributed by atoms with E-state index < -0.39 is 0 Å². The molecule has 0 spiro atoms. The van der Waals surface area contributed by atoms with E-state index in [1.807, 2.05) is 20.8 Å². The highest BCUT2D eigenvalue weighted by Crippen LogP contribution is 1.92. The first-order chi connectivity index (χ1) is 4.16. The third kappa shape index (κ3) is 5.57. The average Bonchev–Trinajstić information content (AvgIpc) is 1.63. The van der Waals surface area contributed by atoms with Gasteiger partial charge in [0.25, 0.3) is 0 Å². The van der Waals surface area contributed by atoms with Gasteiger partial charge in [0.1, 0.15) is 10.5 Å². The van der Waals surface area contributed by atoms with Crippen LogP contribution in [0, 0.1) is 0 Å². The summed E-state index contributed by atoms with van der Waals surface area (Å²) in [4.78, 5) is 0. The molecule has 1 nitrogen and oxygen atoms in total. The van der Waals surface area contributed by atoms with Crippen molar-refractivity contribution in [1.29, 1.82) is 0 Å². The smallest absolute Gasteiger partial charge is 0.146 e. The largest absolute Gasteiger partial charge is 0.423 e. The lowest BCUT2D eigenvalue weighted by atomic mass is 10.3. The van der Waals surface area contributed by atoms with Gasteiger partial charge in [-0.15, -0.1) is 5.73 Å². The molecule has 0 radical (unpaired) electrons. The van der Waals surface area contributed by atoms with Crippen molar-refractivity contribution < 1.29 is 4.43 Å². The lowest BCUT2D eigenvalue weighted by Gasteiger charge is -1.93. The Labute approximate surface area is 60.0 Å². The summed E-state index contributed by atoms with van der Waals surface area (Å²) in [5, 5.41) is 0. The summed E-state index contributed by atoms with van der Waals surface area (Å²) in [7, 11) is 0.817. The summed E-state index contributed by atoms with van der Waals surface area (Å²) in [6, 6.07) is 0. The van der Waals surface area contributed by atoms with E-state index in [0.29, 0.717) is 0 Å². The van der Waals surface area contributed by atoms with E-state index in [-0.39, 0.29) is 0 Å². The Morgan fingerprint density at radius 3 is 2.33 bits per heavy atom. The fraction of sp³-hybridized carbons (Fsp3) is 0.571. The summed E-state index contributed by atoms with van der Waals surface area (Å²) in [5.41, 5.74) is 5.57. The molecule has 0 rings (SSSR count). The quantitative estimate of drug-likeness (QED) is 0.409. The Morgan fingerprint density at radius 1 is 1.44 bits per heavy atom. The van der Waals surface area contributed by atoms with Gasteiger partial charge in [-0.25, -0.2) is 0 Å². The van der Waals surface area contributed by atoms with Gasteiger partial charge < -0.3 is 4.43 Å². The van der Waals surface area contributed by atoms with Crippen molar-refractivity contribution in [2.45, 2.75) is 20.8 Å². The molecule has 2 heteroatoms. The van der Waals surface area contributed by atoms with Crippen LogP contribution in [0.15, 0.2) is 16.9 Å². The van der Waals surface area contributed by atoms with E-state index >= 15 is 0 Å². The van der Waals surface area contributed by atoms with Crippen molar-refractivity contribution in [2.24, 2.45) is 0 Å². The van der Waals surface area contributed by atoms with Gasteiger partial charge in [0, 0.05) is 0 Å². The maximum absolute atomic E-state index is 5.03. The highest BCUT2D eigenvalue weighted by Gasteiger charge is 1.81. The van der Waals surface area contributed by atoms with Crippen molar-refractivity contribution in [3.63, 3.8) is 0 Å². The standard InChI is InChI=1S/C7H14OSi/c1-6(2)4-7(3)5-8-9/h5H2,1-3,9H3. The first-order valence-corrected chi connectivity index (χ1v) is 3.87. The molecule has 0 saturated heterocycles. The van der Waals surface area contributed by atoms with Crippen molar-refractivity contribution in [3.05, 3.63) is 16.9 Å². The summed E-state index contributed by atoms with van der Waals surface area (Å²) < 4.78 is 5.03. The van der Waals surface area contributed by atoms with Gasteiger partial charge in [-0.05, 0) is 31.9 Å². The molecule has 0 aromatic heterocycles. The predicted molar refractivity (Wildman–Crippen MR) is 43.5 cm³/mol. The minimum absolute atomic E-state index is 0.747. The van der Waals surface area contributed by atoms with Crippen molar-refractivity contribution in [3.8, 4) is 0 Å². The zero-order valence-electron chi connectivity index (χ0n) is 6.62. The van der Waals surface area contributed by atoms with Crippen molar-refractivity contribution in [2.75, 3.05) is 6.61 Å². The monoisotopic (exact) mass is 142 g/mol. The molecule has 9 heavy (non-hydrogen) atoms. The van der Waals surface area contributed by atoms with Crippen LogP contribution in [0.25, 0.3) is 0 Å². The van der Waals surface area contributed by atoms with Gasteiger partial charge in [0.2, 0.25) is 0 Å². The molecule has 0 amide bonds. The number of hydrogen-bond donors (Lipinski definition) is 0. The van der Waals surface area contributed by atoms with Gasteiger partial charge in [0.05, 0.1) is 6.61 Å². The highest BCUT2D eigenvalue weighted by molar-refractivity contribution is 5.98. The molecular formula is C7H14OSi. The lowest BCUT2D eigenvalue weighted by molar-refractivity contribution is 0.389. The van der Waals surface area contributed by atoms with Crippen LogP contribution in [-0.2, 0) is 4.43 Å². The second-order valence-corrected chi connectivity index (χ2v) is 2.92. The summed E-state index contributed by atoms with van der Waals surface area (Å²) in [6.45, 7) is 6.86. The molecule has 0 aromatic carbocycles.